The van der Waals surface area contributed by atoms with Crippen LogP contribution < -0.4 is 10.1 Å². The van der Waals surface area contributed by atoms with Crippen LogP contribution in [-0.2, 0) is 0 Å². The number of rotatable bonds is 2. The summed E-state index contributed by atoms with van der Waals surface area (Å²) in [6.45, 7) is 0.763. The summed E-state index contributed by atoms with van der Waals surface area (Å²) in [6, 6.07) is 12.4. The molecule has 2 aromatic rings. The highest BCUT2D eigenvalue weighted by Gasteiger charge is 2.20. The van der Waals surface area contributed by atoms with Crippen molar-refractivity contribution >= 4 is 55.8 Å². The normalized spacial score (nSPS) is 17.6. The van der Waals surface area contributed by atoms with E-state index in [0.29, 0.717) is 0 Å². The van der Waals surface area contributed by atoms with Crippen LogP contribution in [0.5, 0.6) is 5.75 Å². The van der Waals surface area contributed by atoms with E-state index in [1.165, 1.54) is 5.56 Å². The molecule has 1 aliphatic heterocycles. The third-order valence-electron chi connectivity index (χ3n) is 3.51. The van der Waals surface area contributed by atoms with Crippen LogP contribution in [0, 0.1) is 3.57 Å². The molecule has 2 aromatic carbocycles. The average molecular weight is 479 g/mol. The van der Waals surface area contributed by atoms with E-state index in [2.05, 4.69) is 56.0 Å². The van der Waals surface area contributed by atoms with Gasteiger partial charge in [-0.05, 0) is 65.8 Å². The van der Waals surface area contributed by atoms with Crippen molar-refractivity contribution in [3.05, 3.63) is 55.0 Å². The van der Waals surface area contributed by atoms with Crippen molar-refractivity contribution in [1.82, 2.24) is 0 Å². The fourth-order valence-corrected chi connectivity index (χ4v) is 3.86. The van der Waals surface area contributed by atoms with Gasteiger partial charge in [-0.1, -0.05) is 33.6 Å². The van der Waals surface area contributed by atoms with Gasteiger partial charge in [-0.3, -0.25) is 0 Å². The highest BCUT2D eigenvalue weighted by molar-refractivity contribution is 14.1. The van der Waals surface area contributed by atoms with Gasteiger partial charge >= 0.3 is 0 Å². The third kappa shape index (κ3) is 3.66. The molecule has 1 N–H and O–H groups in total. The fraction of sp³-hybridized carbons (Fsp3) is 0.250. The van der Waals surface area contributed by atoms with Crippen LogP contribution >= 0.6 is 50.1 Å². The largest absolute Gasteiger partial charge is 0.493 e. The Balaban J connectivity index is 1.92. The van der Waals surface area contributed by atoms with Crippen LogP contribution in [0.15, 0.2) is 40.9 Å². The van der Waals surface area contributed by atoms with Gasteiger partial charge in [0.1, 0.15) is 5.75 Å². The molecule has 0 spiro atoms. The quantitative estimate of drug-likeness (QED) is 0.532. The van der Waals surface area contributed by atoms with Gasteiger partial charge in [0.2, 0.25) is 0 Å². The minimum absolute atomic E-state index is 0.255. The Hall–Kier alpha value is -0.460. The number of hydrogen-bond donors (Lipinski definition) is 1. The topological polar surface area (TPSA) is 21.3 Å². The number of fused-ring (bicyclic) bond motifs is 1. The number of benzene rings is 2. The molecule has 0 saturated carbocycles. The average Bonchev–Trinajstić information content (AvgIpc) is 2.64. The first-order chi connectivity index (χ1) is 10.1. The zero-order valence-electron chi connectivity index (χ0n) is 11.2. The standard InChI is InChI=1S/C16H14BrClINO/c17-10-3-5-12-14(2-1-7-21-16(12)8-10)20-15-6-4-11(18)9-13(15)19/h3-6,8-9,14,20H,1-2,7H2. The summed E-state index contributed by atoms with van der Waals surface area (Å²) < 4.78 is 8.03. The summed E-state index contributed by atoms with van der Waals surface area (Å²) in [6.07, 6.45) is 2.08. The van der Waals surface area contributed by atoms with E-state index in [-0.39, 0.29) is 6.04 Å². The lowest BCUT2D eigenvalue weighted by Crippen LogP contribution is -2.11. The Labute approximate surface area is 151 Å². The Morgan fingerprint density at radius 1 is 1.24 bits per heavy atom. The first-order valence-corrected chi connectivity index (χ1v) is 9.02. The van der Waals surface area contributed by atoms with Crippen molar-refractivity contribution in [2.75, 3.05) is 11.9 Å². The van der Waals surface area contributed by atoms with Crippen LogP contribution in [0.2, 0.25) is 5.02 Å². The van der Waals surface area contributed by atoms with E-state index in [9.17, 15) is 0 Å². The van der Waals surface area contributed by atoms with E-state index < -0.39 is 0 Å². The summed E-state index contributed by atoms with van der Waals surface area (Å²) in [4.78, 5) is 0. The van der Waals surface area contributed by atoms with E-state index in [1.54, 1.807) is 0 Å². The molecule has 0 aliphatic carbocycles. The van der Waals surface area contributed by atoms with Crippen molar-refractivity contribution in [2.24, 2.45) is 0 Å². The molecule has 0 bridgehead atoms. The van der Waals surface area contributed by atoms with Crippen molar-refractivity contribution in [1.29, 1.82) is 0 Å². The van der Waals surface area contributed by atoms with Crippen LogP contribution in [0.4, 0.5) is 5.69 Å². The molecule has 0 aromatic heterocycles. The summed E-state index contributed by atoms with van der Waals surface area (Å²) in [5, 5.41) is 4.39. The lowest BCUT2D eigenvalue weighted by molar-refractivity contribution is 0.316. The predicted molar refractivity (Wildman–Crippen MR) is 99.4 cm³/mol. The molecular formula is C16H14BrClINO. The van der Waals surface area contributed by atoms with Gasteiger partial charge in [0.15, 0.2) is 0 Å². The fourth-order valence-electron chi connectivity index (χ4n) is 2.49. The van der Waals surface area contributed by atoms with E-state index >= 15 is 0 Å². The number of nitrogens with one attached hydrogen (secondary N) is 1. The van der Waals surface area contributed by atoms with Gasteiger partial charge < -0.3 is 10.1 Å². The number of anilines is 1. The van der Waals surface area contributed by atoms with Crippen LogP contribution in [0.1, 0.15) is 24.4 Å². The SMILES string of the molecule is Clc1ccc(NC2CCCOc3cc(Br)ccc32)c(I)c1. The van der Waals surface area contributed by atoms with Crippen LogP contribution in [-0.4, -0.2) is 6.61 Å². The first kappa shape index (κ1) is 15.4. The summed E-state index contributed by atoms with van der Waals surface area (Å²) in [5.41, 5.74) is 2.32. The van der Waals surface area contributed by atoms with Crippen LogP contribution in [0.25, 0.3) is 0 Å². The Morgan fingerprint density at radius 2 is 2.10 bits per heavy atom. The van der Waals surface area contributed by atoms with Gasteiger partial charge in [-0.15, -0.1) is 0 Å². The lowest BCUT2D eigenvalue weighted by atomic mass is 10.0. The molecule has 0 amide bonds. The zero-order valence-corrected chi connectivity index (χ0v) is 15.7. The van der Waals surface area contributed by atoms with Gasteiger partial charge in [-0.2, -0.15) is 0 Å². The van der Waals surface area contributed by atoms with E-state index in [1.807, 2.05) is 24.3 Å². The molecule has 110 valence electrons. The Morgan fingerprint density at radius 3 is 2.90 bits per heavy atom. The predicted octanol–water partition coefficient (Wildman–Crippen LogP) is 6.03. The van der Waals surface area contributed by atoms with Gasteiger partial charge in [0.05, 0.1) is 12.6 Å². The number of ether oxygens (including phenoxy) is 1. The third-order valence-corrected chi connectivity index (χ3v) is 5.13. The van der Waals surface area contributed by atoms with Gasteiger partial charge in [0, 0.05) is 24.3 Å². The van der Waals surface area contributed by atoms with Crippen molar-refractivity contribution in [3.63, 3.8) is 0 Å². The maximum atomic E-state index is 6.03. The molecule has 2 nitrogen and oxygen atoms in total. The molecule has 1 aliphatic rings. The molecule has 1 atom stereocenters. The second-order valence-corrected chi connectivity index (χ2v) is 7.51. The smallest absolute Gasteiger partial charge is 0.125 e. The summed E-state index contributed by atoms with van der Waals surface area (Å²) in [7, 11) is 0. The molecule has 3 rings (SSSR count). The number of hydrogen-bond acceptors (Lipinski definition) is 2. The highest BCUT2D eigenvalue weighted by Crippen LogP contribution is 2.36. The maximum absolute atomic E-state index is 6.03. The lowest BCUT2D eigenvalue weighted by Gasteiger charge is -2.20. The molecule has 0 saturated heterocycles. The second-order valence-electron chi connectivity index (χ2n) is 4.99. The molecule has 1 unspecified atom stereocenters. The van der Waals surface area contributed by atoms with Crippen molar-refractivity contribution in [2.45, 2.75) is 18.9 Å². The maximum Gasteiger partial charge on any atom is 0.125 e. The molecule has 0 radical (unpaired) electrons. The van der Waals surface area contributed by atoms with E-state index in [4.69, 9.17) is 16.3 Å². The van der Waals surface area contributed by atoms with Gasteiger partial charge in [-0.25, -0.2) is 0 Å². The molecular weight excluding hydrogens is 464 g/mol. The Bertz CT molecular complexity index is 665. The van der Waals surface area contributed by atoms with Gasteiger partial charge in [0.25, 0.3) is 0 Å². The van der Waals surface area contributed by atoms with Crippen LogP contribution in [0.3, 0.4) is 0 Å². The van der Waals surface area contributed by atoms with E-state index in [0.717, 1.165) is 44.0 Å². The van der Waals surface area contributed by atoms with Crippen molar-refractivity contribution in [3.8, 4) is 5.75 Å². The van der Waals surface area contributed by atoms with Crippen molar-refractivity contribution < 1.29 is 4.74 Å². The molecule has 0 fully saturated rings. The molecule has 21 heavy (non-hydrogen) atoms. The number of halogens is 3. The zero-order chi connectivity index (χ0) is 14.8. The monoisotopic (exact) mass is 477 g/mol. The second kappa shape index (κ2) is 6.75. The minimum Gasteiger partial charge on any atom is -0.493 e. The molecule has 1 heterocycles. The summed E-state index contributed by atoms with van der Waals surface area (Å²) >= 11 is 11.8. The highest BCUT2D eigenvalue weighted by atomic mass is 127. The summed E-state index contributed by atoms with van der Waals surface area (Å²) in [5.74, 6) is 0.961. The Kier molecular flexibility index (Phi) is 4.96. The minimum atomic E-state index is 0.255. The molecule has 5 heteroatoms. The first-order valence-electron chi connectivity index (χ1n) is 6.77.